The van der Waals surface area contributed by atoms with Crippen molar-refractivity contribution >= 4 is 11.6 Å². The Morgan fingerprint density at radius 2 is 1.79 bits per heavy atom. The molecule has 1 saturated heterocycles. The molecule has 2 aromatic carbocycles. The van der Waals surface area contributed by atoms with Gasteiger partial charge in [-0.15, -0.1) is 0 Å². The summed E-state index contributed by atoms with van der Waals surface area (Å²) < 4.78 is 10.5. The molecule has 2 atom stereocenters. The van der Waals surface area contributed by atoms with Crippen LogP contribution in [0.4, 0.5) is 5.69 Å². The van der Waals surface area contributed by atoms with E-state index in [9.17, 15) is 4.79 Å². The van der Waals surface area contributed by atoms with Gasteiger partial charge in [0.05, 0.1) is 14.2 Å². The second kappa shape index (κ2) is 7.33. The van der Waals surface area contributed by atoms with Crippen LogP contribution in [0.3, 0.4) is 0 Å². The largest absolute Gasteiger partial charge is 0.493 e. The summed E-state index contributed by atoms with van der Waals surface area (Å²) in [4.78, 5) is 12.5. The number of methoxy groups -OCH3 is 2. The maximum Gasteiger partial charge on any atom is 0.242 e. The molecule has 2 unspecified atom stereocenters. The summed E-state index contributed by atoms with van der Waals surface area (Å²) in [5.41, 5.74) is 8.06. The van der Waals surface area contributed by atoms with Gasteiger partial charge in [0.25, 0.3) is 0 Å². The zero-order chi connectivity index (χ0) is 16.9. The maximum absolute atomic E-state index is 12.5. The topological polar surface area (TPSA) is 71.6 Å². The summed E-state index contributed by atoms with van der Waals surface area (Å²) in [6, 6.07) is 15.2. The van der Waals surface area contributed by atoms with Gasteiger partial charge in [-0.1, -0.05) is 30.3 Å². The van der Waals surface area contributed by atoms with Crippen molar-refractivity contribution in [1.82, 2.24) is 10.9 Å². The van der Waals surface area contributed by atoms with Crippen LogP contribution in [0.25, 0.3) is 0 Å². The molecule has 126 valence electrons. The Kier molecular flexibility index (Phi) is 4.98. The van der Waals surface area contributed by atoms with Crippen molar-refractivity contribution in [2.24, 2.45) is 0 Å². The van der Waals surface area contributed by atoms with E-state index in [2.05, 4.69) is 16.2 Å². The second-order valence-electron chi connectivity index (χ2n) is 5.60. The lowest BCUT2D eigenvalue weighted by atomic mass is 10.0. The Morgan fingerprint density at radius 3 is 2.50 bits per heavy atom. The highest BCUT2D eigenvalue weighted by Gasteiger charge is 2.30. The van der Waals surface area contributed by atoms with E-state index in [0.717, 1.165) is 5.56 Å². The summed E-state index contributed by atoms with van der Waals surface area (Å²) in [5.74, 6) is 1.11. The van der Waals surface area contributed by atoms with E-state index in [4.69, 9.17) is 9.47 Å². The van der Waals surface area contributed by atoms with E-state index in [1.165, 1.54) is 0 Å². The normalized spacial score (nSPS) is 19.8. The quantitative estimate of drug-likeness (QED) is 0.786. The first-order valence-electron chi connectivity index (χ1n) is 7.80. The molecule has 1 aliphatic rings. The molecular weight excluding hydrogens is 306 g/mol. The maximum atomic E-state index is 12.5. The first-order chi connectivity index (χ1) is 11.7. The van der Waals surface area contributed by atoms with Crippen LogP contribution in [-0.4, -0.2) is 26.2 Å². The average Bonchev–Trinajstić information content (AvgIpc) is 3.12. The Balaban J connectivity index is 1.64. The van der Waals surface area contributed by atoms with Gasteiger partial charge >= 0.3 is 0 Å². The van der Waals surface area contributed by atoms with Crippen molar-refractivity contribution in [3.05, 3.63) is 54.1 Å². The third-order valence-electron chi connectivity index (χ3n) is 4.07. The number of nitrogens with one attached hydrogen (secondary N) is 3. The van der Waals surface area contributed by atoms with Gasteiger partial charge < -0.3 is 14.8 Å². The molecule has 0 radical (unpaired) electrons. The monoisotopic (exact) mass is 327 g/mol. The number of hydrogen-bond donors (Lipinski definition) is 3. The molecule has 1 amide bonds. The standard InChI is InChI=1S/C18H21N3O3/c1-23-16-9-8-13(10-17(16)24-2)19-18(22)15-11-14(20-21-15)12-6-4-3-5-7-12/h3-10,14-15,20-21H,11H2,1-2H3,(H,19,22). The van der Waals surface area contributed by atoms with E-state index in [1.54, 1.807) is 32.4 Å². The predicted octanol–water partition coefficient (Wildman–Crippen LogP) is 2.25. The van der Waals surface area contributed by atoms with E-state index in [1.807, 2.05) is 30.3 Å². The van der Waals surface area contributed by atoms with E-state index >= 15 is 0 Å². The molecule has 1 fully saturated rings. The molecular formula is C18H21N3O3. The van der Waals surface area contributed by atoms with Gasteiger partial charge in [-0.05, 0) is 24.1 Å². The number of rotatable bonds is 5. The number of carbonyl (C=O) groups excluding carboxylic acids is 1. The van der Waals surface area contributed by atoms with Crippen molar-refractivity contribution in [2.75, 3.05) is 19.5 Å². The Bertz CT molecular complexity index is 706. The second-order valence-corrected chi connectivity index (χ2v) is 5.60. The van der Waals surface area contributed by atoms with Crippen LogP contribution in [0.15, 0.2) is 48.5 Å². The minimum Gasteiger partial charge on any atom is -0.493 e. The van der Waals surface area contributed by atoms with Crippen LogP contribution in [0.1, 0.15) is 18.0 Å². The third kappa shape index (κ3) is 3.50. The number of carbonyl (C=O) groups is 1. The predicted molar refractivity (Wildman–Crippen MR) is 92.0 cm³/mol. The van der Waals surface area contributed by atoms with Crippen LogP contribution >= 0.6 is 0 Å². The molecule has 1 heterocycles. The van der Waals surface area contributed by atoms with Gasteiger partial charge in [0.15, 0.2) is 11.5 Å². The van der Waals surface area contributed by atoms with Crippen LogP contribution in [0, 0.1) is 0 Å². The van der Waals surface area contributed by atoms with Gasteiger partial charge in [0.2, 0.25) is 5.91 Å². The summed E-state index contributed by atoms with van der Waals surface area (Å²) in [6.45, 7) is 0. The minimum atomic E-state index is -0.302. The fraction of sp³-hybridized carbons (Fsp3) is 0.278. The van der Waals surface area contributed by atoms with Crippen molar-refractivity contribution < 1.29 is 14.3 Å². The summed E-state index contributed by atoms with van der Waals surface area (Å²) in [5, 5.41) is 2.90. The number of anilines is 1. The van der Waals surface area contributed by atoms with Gasteiger partial charge in [-0.3, -0.25) is 4.79 Å². The zero-order valence-corrected chi connectivity index (χ0v) is 13.7. The van der Waals surface area contributed by atoms with Crippen molar-refractivity contribution in [2.45, 2.75) is 18.5 Å². The lowest BCUT2D eigenvalue weighted by Gasteiger charge is -2.13. The lowest BCUT2D eigenvalue weighted by molar-refractivity contribution is -0.117. The summed E-state index contributed by atoms with van der Waals surface area (Å²) in [7, 11) is 3.14. The lowest BCUT2D eigenvalue weighted by Crippen LogP contribution is -2.39. The SMILES string of the molecule is COc1ccc(NC(=O)C2CC(c3ccccc3)NN2)cc1OC. The van der Waals surface area contributed by atoms with E-state index < -0.39 is 0 Å². The summed E-state index contributed by atoms with van der Waals surface area (Å²) >= 11 is 0. The van der Waals surface area contributed by atoms with Gasteiger partial charge in [0.1, 0.15) is 6.04 Å². The molecule has 0 spiro atoms. The van der Waals surface area contributed by atoms with E-state index in [0.29, 0.717) is 23.6 Å². The molecule has 0 aromatic heterocycles. The molecule has 6 heteroatoms. The molecule has 1 aliphatic heterocycles. The van der Waals surface area contributed by atoms with Gasteiger partial charge in [0, 0.05) is 17.8 Å². The van der Waals surface area contributed by atoms with Crippen molar-refractivity contribution in [3.8, 4) is 11.5 Å². The Labute approximate surface area is 141 Å². The number of amides is 1. The molecule has 0 bridgehead atoms. The van der Waals surface area contributed by atoms with Crippen LogP contribution in [0.5, 0.6) is 11.5 Å². The van der Waals surface area contributed by atoms with Gasteiger partial charge in [-0.25, -0.2) is 10.9 Å². The van der Waals surface area contributed by atoms with E-state index in [-0.39, 0.29) is 18.0 Å². The van der Waals surface area contributed by atoms with Gasteiger partial charge in [-0.2, -0.15) is 0 Å². The minimum absolute atomic E-state index is 0.0897. The number of hydrogen-bond acceptors (Lipinski definition) is 5. The highest BCUT2D eigenvalue weighted by molar-refractivity contribution is 5.95. The van der Waals surface area contributed by atoms with Crippen LogP contribution in [0.2, 0.25) is 0 Å². The molecule has 3 N–H and O–H groups in total. The summed E-state index contributed by atoms with van der Waals surface area (Å²) in [6.07, 6.45) is 0.684. The molecule has 0 saturated carbocycles. The average molecular weight is 327 g/mol. The molecule has 2 aromatic rings. The fourth-order valence-corrected chi connectivity index (χ4v) is 2.78. The molecule has 24 heavy (non-hydrogen) atoms. The first kappa shape index (κ1) is 16.3. The van der Waals surface area contributed by atoms with Crippen molar-refractivity contribution in [1.29, 1.82) is 0 Å². The fourth-order valence-electron chi connectivity index (χ4n) is 2.78. The molecule has 3 rings (SSSR count). The Hall–Kier alpha value is -2.57. The zero-order valence-electron chi connectivity index (χ0n) is 13.7. The third-order valence-corrected chi connectivity index (χ3v) is 4.07. The van der Waals surface area contributed by atoms with Crippen molar-refractivity contribution in [3.63, 3.8) is 0 Å². The Morgan fingerprint density at radius 1 is 1.04 bits per heavy atom. The number of benzene rings is 2. The smallest absolute Gasteiger partial charge is 0.242 e. The number of ether oxygens (including phenoxy) is 2. The van der Waals surface area contributed by atoms with Crippen LogP contribution < -0.4 is 25.6 Å². The molecule has 6 nitrogen and oxygen atoms in total. The van der Waals surface area contributed by atoms with Crippen LogP contribution in [-0.2, 0) is 4.79 Å². The molecule has 0 aliphatic carbocycles. The highest BCUT2D eigenvalue weighted by Crippen LogP contribution is 2.30. The first-order valence-corrected chi connectivity index (χ1v) is 7.80. The number of hydrazine groups is 1. The highest BCUT2D eigenvalue weighted by atomic mass is 16.5.